The Morgan fingerprint density at radius 1 is 1.28 bits per heavy atom. The first-order valence-corrected chi connectivity index (χ1v) is 6.01. The standard InChI is InChI=1S/C13H10Cl2O3/c1-18-12(17)6-8-2-4-9(5-3-8)10-7-11(16)13(10,14)15/h2-5,7H,6H2,1H3. The van der Waals surface area contributed by atoms with Crippen molar-refractivity contribution < 1.29 is 14.3 Å². The fourth-order valence-electron chi connectivity index (χ4n) is 1.67. The second-order valence-electron chi connectivity index (χ2n) is 3.95. The molecule has 0 bridgehead atoms. The highest BCUT2D eigenvalue weighted by Crippen LogP contribution is 2.45. The average Bonchev–Trinajstić information content (AvgIpc) is 2.37. The van der Waals surface area contributed by atoms with Gasteiger partial charge in [0.05, 0.1) is 13.5 Å². The normalized spacial score (nSPS) is 16.8. The molecule has 0 fully saturated rings. The Labute approximate surface area is 114 Å². The number of hydrogen-bond donors (Lipinski definition) is 0. The number of allylic oxidation sites excluding steroid dienone is 2. The predicted molar refractivity (Wildman–Crippen MR) is 69.6 cm³/mol. The van der Waals surface area contributed by atoms with E-state index in [2.05, 4.69) is 4.74 Å². The number of carbonyl (C=O) groups excluding carboxylic acids is 2. The first kappa shape index (κ1) is 13.1. The van der Waals surface area contributed by atoms with Crippen LogP contribution in [-0.4, -0.2) is 23.2 Å². The summed E-state index contributed by atoms with van der Waals surface area (Å²) < 4.78 is 3.13. The van der Waals surface area contributed by atoms with Crippen LogP contribution in [0.5, 0.6) is 0 Å². The van der Waals surface area contributed by atoms with Crippen LogP contribution in [0, 0.1) is 0 Å². The van der Waals surface area contributed by atoms with Crippen molar-refractivity contribution in [3.63, 3.8) is 0 Å². The van der Waals surface area contributed by atoms with Gasteiger partial charge < -0.3 is 4.74 Å². The minimum atomic E-state index is -1.44. The quantitative estimate of drug-likeness (QED) is 0.633. The van der Waals surface area contributed by atoms with Gasteiger partial charge in [-0.2, -0.15) is 0 Å². The maximum Gasteiger partial charge on any atom is 0.309 e. The second kappa shape index (κ2) is 4.75. The Morgan fingerprint density at radius 3 is 2.33 bits per heavy atom. The van der Waals surface area contributed by atoms with E-state index in [9.17, 15) is 9.59 Å². The van der Waals surface area contributed by atoms with Crippen LogP contribution in [0.1, 0.15) is 11.1 Å². The van der Waals surface area contributed by atoms with Crippen LogP contribution in [0.25, 0.3) is 5.57 Å². The first-order valence-electron chi connectivity index (χ1n) is 5.25. The van der Waals surface area contributed by atoms with E-state index in [1.54, 1.807) is 24.3 Å². The molecule has 0 aromatic heterocycles. The number of hydrogen-bond acceptors (Lipinski definition) is 3. The van der Waals surface area contributed by atoms with Gasteiger partial charge in [0.25, 0.3) is 0 Å². The third-order valence-corrected chi connectivity index (χ3v) is 3.54. The average molecular weight is 285 g/mol. The second-order valence-corrected chi connectivity index (χ2v) is 5.27. The minimum Gasteiger partial charge on any atom is -0.469 e. The Hall–Kier alpha value is -1.32. The first-order chi connectivity index (χ1) is 8.45. The van der Waals surface area contributed by atoms with Crippen LogP contribution < -0.4 is 0 Å². The van der Waals surface area contributed by atoms with Gasteiger partial charge in [0.2, 0.25) is 4.33 Å². The van der Waals surface area contributed by atoms with Crippen molar-refractivity contribution in [1.29, 1.82) is 0 Å². The highest BCUT2D eigenvalue weighted by atomic mass is 35.5. The molecule has 0 amide bonds. The number of methoxy groups -OCH3 is 1. The van der Waals surface area contributed by atoms with E-state index in [0.717, 1.165) is 11.1 Å². The highest BCUT2D eigenvalue weighted by molar-refractivity contribution is 6.69. The third kappa shape index (κ3) is 2.28. The lowest BCUT2D eigenvalue weighted by atomic mass is 9.89. The van der Waals surface area contributed by atoms with Gasteiger partial charge in [-0.1, -0.05) is 47.5 Å². The Balaban J connectivity index is 2.17. The molecule has 0 saturated heterocycles. The molecular weight excluding hydrogens is 275 g/mol. The van der Waals surface area contributed by atoms with Crippen LogP contribution in [0.4, 0.5) is 0 Å². The fraction of sp³-hybridized carbons (Fsp3) is 0.231. The van der Waals surface area contributed by atoms with Crippen molar-refractivity contribution in [1.82, 2.24) is 0 Å². The van der Waals surface area contributed by atoms with Crippen LogP contribution >= 0.6 is 23.2 Å². The van der Waals surface area contributed by atoms with Crippen LogP contribution in [0.2, 0.25) is 0 Å². The molecule has 5 heteroatoms. The fourth-order valence-corrected chi connectivity index (χ4v) is 2.11. The van der Waals surface area contributed by atoms with E-state index in [-0.39, 0.29) is 18.2 Å². The molecule has 0 spiro atoms. The van der Waals surface area contributed by atoms with Crippen LogP contribution in [-0.2, 0) is 20.7 Å². The molecular formula is C13H10Cl2O3. The molecule has 94 valence electrons. The maximum atomic E-state index is 11.2. The summed E-state index contributed by atoms with van der Waals surface area (Å²) in [6.45, 7) is 0. The van der Waals surface area contributed by atoms with Crippen molar-refractivity contribution in [3.05, 3.63) is 41.5 Å². The molecule has 0 N–H and O–H groups in total. The molecule has 0 radical (unpaired) electrons. The Bertz CT molecular complexity index is 530. The molecule has 2 rings (SSSR count). The summed E-state index contributed by atoms with van der Waals surface area (Å²) in [6.07, 6.45) is 1.62. The molecule has 18 heavy (non-hydrogen) atoms. The van der Waals surface area contributed by atoms with Gasteiger partial charge in [0.15, 0.2) is 5.78 Å². The van der Waals surface area contributed by atoms with E-state index >= 15 is 0 Å². The molecule has 0 aliphatic heterocycles. The molecule has 0 saturated carbocycles. The molecule has 0 unspecified atom stereocenters. The summed E-state index contributed by atoms with van der Waals surface area (Å²) in [5.74, 6) is -0.607. The molecule has 1 aromatic rings. The zero-order chi connectivity index (χ0) is 13.3. The van der Waals surface area contributed by atoms with Crippen LogP contribution in [0.3, 0.4) is 0 Å². The van der Waals surface area contributed by atoms with Gasteiger partial charge in [-0.15, -0.1) is 0 Å². The van der Waals surface area contributed by atoms with Crippen molar-refractivity contribution in [2.24, 2.45) is 0 Å². The monoisotopic (exact) mass is 284 g/mol. The van der Waals surface area contributed by atoms with Gasteiger partial charge >= 0.3 is 5.97 Å². The van der Waals surface area contributed by atoms with Gasteiger partial charge in [0, 0.05) is 5.57 Å². The zero-order valence-corrected chi connectivity index (χ0v) is 11.1. The number of carbonyl (C=O) groups is 2. The lowest BCUT2D eigenvalue weighted by Crippen LogP contribution is -2.34. The van der Waals surface area contributed by atoms with E-state index in [1.807, 2.05) is 0 Å². The largest absolute Gasteiger partial charge is 0.469 e. The summed E-state index contributed by atoms with van der Waals surface area (Å²) in [5.41, 5.74) is 2.18. The molecule has 1 aliphatic carbocycles. The topological polar surface area (TPSA) is 43.4 Å². The number of esters is 1. The number of benzene rings is 1. The van der Waals surface area contributed by atoms with E-state index in [0.29, 0.717) is 5.57 Å². The number of ether oxygens (including phenoxy) is 1. The number of ketones is 1. The molecule has 1 aliphatic rings. The van der Waals surface area contributed by atoms with Crippen LogP contribution in [0.15, 0.2) is 30.3 Å². The van der Waals surface area contributed by atoms with Gasteiger partial charge in [-0.3, -0.25) is 9.59 Å². The summed E-state index contributed by atoms with van der Waals surface area (Å²) >= 11 is 11.8. The maximum absolute atomic E-state index is 11.2. The number of halogens is 2. The molecule has 0 heterocycles. The minimum absolute atomic E-state index is 0.210. The van der Waals surface area contributed by atoms with E-state index < -0.39 is 4.33 Å². The van der Waals surface area contributed by atoms with Crippen molar-refractivity contribution >= 4 is 40.5 Å². The summed E-state index contributed by atoms with van der Waals surface area (Å²) in [4.78, 5) is 22.3. The highest BCUT2D eigenvalue weighted by Gasteiger charge is 2.45. The summed E-state index contributed by atoms with van der Waals surface area (Å²) in [6, 6.07) is 7.10. The van der Waals surface area contributed by atoms with E-state index in [4.69, 9.17) is 23.2 Å². The van der Waals surface area contributed by atoms with Crippen molar-refractivity contribution in [2.45, 2.75) is 10.8 Å². The third-order valence-electron chi connectivity index (χ3n) is 2.76. The lowest BCUT2D eigenvalue weighted by Gasteiger charge is -2.28. The number of alkyl halides is 2. The molecule has 0 atom stereocenters. The molecule has 1 aromatic carbocycles. The molecule has 3 nitrogen and oxygen atoms in total. The summed E-state index contributed by atoms with van der Waals surface area (Å²) in [5, 5.41) is 0. The number of rotatable bonds is 3. The summed E-state index contributed by atoms with van der Waals surface area (Å²) in [7, 11) is 1.34. The van der Waals surface area contributed by atoms with E-state index in [1.165, 1.54) is 13.2 Å². The Morgan fingerprint density at radius 2 is 1.89 bits per heavy atom. The lowest BCUT2D eigenvalue weighted by molar-refractivity contribution is -0.139. The zero-order valence-electron chi connectivity index (χ0n) is 9.57. The Kier molecular flexibility index (Phi) is 3.46. The van der Waals surface area contributed by atoms with Gasteiger partial charge in [-0.25, -0.2) is 0 Å². The van der Waals surface area contributed by atoms with Crippen molar-refractivity contribution in [2.75, 3.05) is 7.11 Å². The van der Waals surface area contributed by atoms with Crippen molar-refractivity contribution in [3.8, 4) is 0 Å². The van der Waals surface area contributed by atoms with Gasteiger partial charge in [-0.05, 0) is 17.2 Å². The smallest absolute Gasteiger partial charge is 0.309 e. The van der Waals surface area contributed by atoms with Gasteiger partial charge in [0.1, 0.15) is 0 Å². The predicted octanol–water partition coefficient (Wildman–Crippen LogP) is 2.54. The SMILES string of the molecule is COC(=O)Cc1ccc(C2=CC(=O)C2(Cl)Cl)cc1.